The van der Waals surface area contributed by atoms with Gasteiger partial charge in [-0.15, -0.1) is 0 Å². The summed E-state index contributed by atoms with van der Waals surface area (Å²) in [5.41, 5.74) is 3.92. The lowest BCUT2D eigenvalue weighted by Crippen LogP contribution is -2.43. The van der Waals surface area contributed by atoms with E-state index in [2.05, 4.69) is 34.6 Å². The van der Waals surface area contributed by atoms with Gasteiger partial charge in [-0.05, 0) is 48.7 Å². The molecule has 144 valence electrons. The minimum Gasteiger partial charge on any atom is -0.388 e. The Balaban J connectivity index is 1.55. The van der Waals surface area contributed by atoms with Crippen LogP contribution in [0.15, 0.2) is 48.5 Å². The van der Waals surface area contributed by atoms with Gasteiger partial charge < -0.3 is 15.4 Å². The van der Waals surface area contributed by atoms with Crippen molar-refractivity contribution >= 4 is 11.6 Å². The Morgan fingerprint density at radius 3 is 2.56 bits per heavy atom. The molecule has 0 aromatic heterocycles. The van der Waals surface area contributed by atoms with Crippen molar-refractivity contribution in [1.82, 2.24) is 10.2 Å². The van der Waals surface area contributed by atoms with Crippen LogP contribution in [0.5, 0.6) is 0 Å². The fourth-order valence-electron chi connectivity index (χ4n) is 3.37. The van der Waals surface area contributed by atoms with E-state index in [4.69, 9.17) is 4.74 Å². The first-order chi connectivity index (χ1) is 13.2. The van der Waals surface area contributed by atoms with Crippen molar-refractivity contribution in [3.63, 3.8) is 0 Å². The van der Waals surface area contributed by atoms with Crippen molar-refractivity contribution < 1.29 is 9.53 Å². The summed E-state index contributed by atoms with van der Waals surface area (Å²) >= 11 is 0. The molecule has 3 rings (SSSR count). The van der Waals surface area contributed by atoms with E-state index in [1.54, 1.807) is 0 Å². The molecule has 0 unspecified atom stereocenters. The van der Waals surface area contributed by atoms with Gasteiger partial charge in [0.05, 0.1) is 13.2 Å². The monoisotopic (exact) mass is 367 g/mol. The Morgan fingerprint density at radius 2 is 1.85 bits per heavy atom. The van der Waals surface area contributed by atoms with Gasteiger partial charge in [-0.1, -0.05) is 24.3 Å². The highest BCUT2D eigenvalue weighted by Crippen LogP contribution is 2.22. The zero-order valence-electron chi connectivity index (χ0n) is 16.2. The van der Waals surface area contributed by atoms with Crippen LogP contribution in [0, 0.1) is 0 Å². The molecule has 2 aromatic carbocycles. The van der Waals surface area contributed by atoms with E-state index in [0.717, 1.165) is 49.5 Å². The van der Waals surface area contributed by atoms with Crippen LogP contribution in [0.2, 0.25) is 0 Å². The molecule has 1 saturated heterocycles. The number of anilines is 1. The molecule has 1 heterocycles. The molecule has 1 aliphatic heterocycles. The summed E-state index contributed by atoms with van der Waals surface area (Å²) in [6.07, 6.45) is 0.941. The van der Waals surface area contributed by atoms with Gasteiger partial charge >= 0.3 is 0 Å². The molecule has 1 amide bonds. The smallest absolute Gasteiger partial charge is 0.251 e. The largest absolute Gasteiger partial charge is 0.388 e. The SMILES string of the molecule is CNc1ccc(-c2cccc(C(=O)NCC[C@@H](C)N3CCOCC3)c2)cc1. The maximum Gasteiger partial charge on any atom is 0.251 e. The maximum absolute atomic E-state index is 12.5. The Kier molecular flexibility index (Phi) is 6.85. The van der Waals surface area contributed by atoms with Crippen LogP contribution in [-0.4, -0.2) is 56.7 Å². The lowest BCUT2D eigenvalue weighted by atomic mass is 10.0. The second-order valence-electron chi connectivity index (χ2n) is 6.95. The molecule has 2 N–H and O–H groups in total. The predicted octanol–water partition coefficient (Wildman–Crippen LogP) is 3.24. The average molecular weight is 367 g/mol. The Labute approximate surface area is 161 Å². The third kappa shape index (κ3) is 5.31. The normalized spacial score (nSPS) is 15.9. The van der Waals surface area contributed by atoms with Crippen molar-refractivity contribution in [2.75, 3.05) is 45.2 Å². The highest BCUT2D eigenvalue weighted by molar-refractivity contribution is 5.95. The van der Waals surface area contributed by atoms with Gasteiger partial charge in [-0.3, -0.25) is 9.69 Å². The van der Waals surface area contributed by atoms with Crippen LogP contribution in [0.25, 0.3) is 11.1 Å². The Bertz CT molecular complexity index is 739. The highest BCUT2D eigenvalue weighted by Gasteiger charge is 2.17. The molecule has 0 aliphatic carbocycles. The van der Waals surface area contributed by atoms with Crippen molar-refractivity contribution in [1.29, 1.82) is 0 Å². The van der Waals surface area contributed by atoms with Gasteiger partial charge in [-0.2, -0.15) is 0 Å². The highest BCUT2D eigenvalue weighted by atomic mass is 16.5. The summed E-state index contributed by atoms with van der Waals surface area (Å²) in [5.74, 6) is -0.0159. The van der Waals surface area contributed by atoms with Crippen molar-refractivity contribution in [3.8, 4) is 11.1 Å². The molecule has 0 radical (unpaired) electrons. The number of rotatable bonds is 7. The van der Waals surface area contributed by atoms with Gasteiger partial charge in [0.1, 0.15) is 0 Å². The fourth-order valence-corrected chi connectivity index (χ4v) is 3.37. The van der Waals surface area contributed by atoms with E-state index in [9.17, 15) is 4.79 Å². The van der Waals surface area contributed by atoms with E-state index in [-0.39, 0.29) is 5.91 Å². The third-order valence-electron chi connectivity index (χ3n) is 5.15. The molecular weight excluding hydrogens is 338 g/mol. The quantitative estimate of drug-likeness (QED) is 0.789. The first-order valence-corrected chi connectivity index (χ1v) is 9.65. The number of amides is 1. The summed E-state index contributed by atoms with van der Waals surface area (Å²) in [6, 6.07) is 16.4. The van der Waals surface area contributed by atoms with Crippen LogP contribution >= 0.6 is 0 Å². The zero-order chi connectivity index (χ0) is 19.1. The van der Waals surface area contributed by atoms with Gasteiger partial charge in [-0.25, -0.2) is 0 Å². The maximum atomic E-state index is 12.5. The molecule has 1 aliphatic rings. The molecular formula is C22H29N3O2. The third-order valence-corrected chi connectivity index (χ3v) is 5.15. The number of morpholine rings is 1. The first kappa shape index (κ1) is 19.4. The van der Waals surface area contributed by atoms with Crippen molar-refractivity contribution in [3.05, 3.63) is 54.1 Å². The molecule has 1 fully saturated rings. The van der Waals surface area contributed by atoms with Crippen molar-refractivity contribution in [2.24, 2.45) is 0 Å². The number of nitrogens with one attached hydrogen (secondary N) is 2. The topological polar surface area (TPSA) is 53.6 Å². The fraction of sp³-hybridized carbons (Fsp3) is 0.409. The summed E-state index contributed by atoms with van der Waals surface area (Å²) in [7, 11) is 1.90. The number of ether oxygens (including phenoxy) is 1. The lowest BCUT2D eigenvalue weighted by molar-refractivity contribution is 0.0187. The van der Waals surface area contributed by atoms with E-state index in [0.29, 0.717) is 18.2 Å². The number of nitrogens with zero attached hydrogens (tertiary/aromatic N) is 1. The van der Waals surface area contributed by atoms with Gasteiger partial charge in [0, 0.05) is 44.0 Å². The summed E-state index contributed by atoms with van der Waals surface area (Å²) in [6.45, 7) is 6.45. The number of benzene rings is 2. The summed E-state index contributed by atoms with van der Waals surface area (Å²) in [4.78, 5) is 15.0. The number of hydrogen-bond acceptors (Lipinski definition) is 4. The minimum atomic E-state index is -0.0159. The summed E-state index contributed by atoms with van der Waals surface area (Å²) < 4.78 is 5.40. The summed E-state index contributed by atoms with van der Waals surface area (Å²) in [5, 5.41) is 6.18. The van der Waals surface area contributed by atoms with Gasteiger partial charge in [0.2, 0.25) is 0 Å². The Morgan fingerprint density at radius 1 is 1.11 bits per heavy atom. The molecule has 0 bridgehead atoms. The molecule has 5 heteroatoms. The molecule has 2 aromatic rings. The van der Waals surface area contributed by atoms with Crippen LogP contribution < -0.4 is 10.6 Å². The van der Waals surface area contributed by atoms with E-state index < -0.39 is 0 Å². The van der Waals surface area contributed by atoms with Crippen LogP contribution in [0.4, 0.5) is 5.69 Å². The second kappa shape index (κ2) is 9.53. The van der Waals surface area contributed by atoms with Gasteiger partial charge in [0.25, 0.3) is 5.91 Å². The first-order valence-electron chi connectivity index (χ1n) is 9.65. The zero-order valence-corrected chi connectivity index (χ0v) is 16.2. The molecule has 1 atom stereocenters. The lowest BCUT2D eigenvalue weighted by Gasteiger charge is -2.32. The predicted molar refractivity (Wildman–Crippen MR) is 110 cm³/mol. The van der Waals surface area contributed by atoms with E-state index in [1.165, 1.54) is 0 Å². The molecule has 0 saturated carbocycles. The van der Waals surface area contributed by atoms with Crippen LogP contribution in [-0.2, 0) is 4.74 Å². The molecule has 27 heavy (non-hydrogen) atoms. The Hall–Kier alpha value is -2.37. The van der Waals surface area contributed by atoms with Crippen LogP contribution in [0.1, 0.15) is 23.7 Å². The average Bonchev–Trinajstić information content (AvgIpc) is 2.74. The van der Waals surface area contributed by atoms with Crippen molar-refractivity contribution in [2.45, 2.75) is 19.4 Å². The number of carbonyl (C=O) groups is 1. The molecule has 5 nitrogen and oxygen atoms in total. The van der Waals surface area contributed by atoms with E-state index in [1.807, 2.05) is 43.4 Å². The minimum absolute atomic E-state index is 0.0159. The van der Waals surface area contributed by atoms with Crippen LogP contribution in [0.3, 0.4) is 0 Å². The standard InChI is InChI=1S/C22H29N3O2/c1-17(25-12-14-27-15-13-25)10-11-24-22(26)20-5-3-4-19(16-20)18-6-8-21(23-2)9-7-18/h3-9,16-17,23H,10-15H2,1-2H3,(H,24,26)/t17-/m1/s1. The number of carbonyl (C=O) groups excluding carboxylic acids is 1. The molecule has 0 spiro atoms. The van der Waals surface area contributed by atoms with Gasteiger partial charge in [0.15, 0.2) is 0 Å². The number of hydrogen-bond donors (Lipinski definition) is 2. The van der Waals surface area contributed by atoms with E-state index >= 15 is 0 Å². The second-order valence-corrected chi connectivity index (χ2v) is 6.95.